The Bertz CT molecular complexity index is 1610. The number of benzene rings is 2. The van der Waals surface area contributed by atoms with Crippen molar-refractivity contribution in [2.45, 2.75) is 25.4 Å². The molecule has 1 aliphatic heterocycles. The second kappa shape index (κ2) is 9.43. The molecule has 1 aliphatic rings. The average molecular weight is 533 g/mol. The van der Waals surface area contributed by atoms with E-state index in [4.69, 9.17) is 26.1 Å². The molecule has 38 heavy (non-hydrogen) atoms. The van der Waals surface area contributed by atoms with Gasteiger partial charge in [0.1, 0.15) is 17.2 Å². The van der Waals surface area contributed by atoms with Crippen molar-refractivity contribution in [2.24, 2.45) is 0 Å². The number of nitrogens with zero attached hydrogens (tertiary/aromatic N) is 5. The minimum atomic E-state index is -1.51. The number of methoxy groups -OCH3 is 2. The van der Waals surface area contributed by atoms with Gasteiger partial charge < -0.3 is 19.4 Å². The van der Waals surface area contributed by atoms with E-state index in [1.54, 1.807) is 36.4 Å². The van der Waals surface area contributed by atoms with Crippen molar-refractivity contribution in [1.29, 1.82) is 5.26 Å². The van der Waals surface area contributed by atoms with E-state index in [1.807, 2.05) is 18.4 Å². The molecule has 1 atom stereocenters. The van der Waals surface area contributed by atoms with Gasteiger partial charge >= 0.3 is 6.01 Å². The maximum Gasteiger partial charge on any atom is 0.319 e. The Labute approximate surface area is 222 Å². The third-order valence-electron chi connectivity index (χ3n) is 6.45. The van der Waals surface area contributed by atoms with Crippen molar-refractivity contribution in [1.82, 2.24) is 24.8 Å². The highest BCUT2D eigenvalue weighted by molar-refractivity contribution is 6.30. The van der Waals surface area contributed by atoms with Gasteiger partial charge in [0, 0.05) is 17.8 Å². The quantitative estimate of drug-likeness (QED) is 0.384. The molecule has 2 aromatic carbocycles. The van der Waals surface area contributed by atoms with Crippen LogP contribution in [0.3, 0.4) is 0 Å². The molecular formula is C27H22ClFN6O3. The molecule has 0 saturated heterocycles. The third-order valence-corrected chi connectivity index (χ3v) is 6.74. The zero-order valence-corrected chi connectivity index (χ0v) is 21.7. The van der Waals surface area contributed by atoms with E-state index >= 15 is 4.39 Å². The molecule has 1 amide bonds. The molecule has 0 spiro atoms. The van der Waals surface area contributed by atoms with Crippen LogP contribution < -0.4 is 14.8 Å². The van der Waals surface area contributed by atoms with Crippen molar-refractivity contribution < 1.29 is 18.7 Å². The first-order valence-electron chi connectivity index (χ1n) is 11.6. The fraction of sp³-hybridized carbons (Fsp3) is 0.222. The Morgan fingerprint density at radius 2 is 1.87 bits per heavy atom. The molecule has 192 valence electrons. The maximum atomic E-state index is 15.8. The Kier molecular flexibility index (Phi) is 6.25. The molecule has 3 heterocycles. The summed E-state index contributed by atoms with van der Waals surface area (Å²) >= 11 is 6.23. The van der Waals surface area contributed by atoms with Crippen LogP contribution in [0.4, 0.5) is 4.39 Å². The van der Waals surface area contributed by atoms with Crippen LogP contribution in [-0.4, -0.2) is 39.6 Å². The van der Waals surface area contributed by atoms with Crippen LogP contribution in [0, 0.1) is 17.1 Å². The van der Waals surface area contributed by atoms with Gasteiger partial charge in [-0.2, -0.15) is 10.2 Å². The smallest absolute Gasteiger partial charge is 0.319 e. The van der Waals surface area contributed by atoms with Crippen molar-refractivity contribution in [3.63, 3.8) is 0 Å². The SMILES string of the molecule is COc1ncc(-c2nc3c(n2C(C)C)[C@](c2ccc(C#N)cc2)(c2cccc(Cl)c2F)NC3=O)c(OC)n1. The Morgan fingerprint density at radius 1 is 1.13 bits per heavy atom. The van der Waals surface area contributed by atoms with E-state index in [9.17, 15) is 10.1 Å². The number of amides is 1. The van der Waals surface area contributed by atoms with Crippen molar-refractivity contribution >= 4 is 17.5 Å². The molecular weight excluding hydrogens is 511 g/mol. The van der Waals surface area contributed by atoms with Crippen molar-refractivity contribution in [3.8, 4) is 29.3 Å². The minimum Gasteiger partial charge on any atom is -0.480 e. The molecule has 1 N–H and O–H groups in total. The lowest BCUT2D eigenvalue weighted by molar-refractivity contribution is 0.0943. The lowest BCUT2D eigenvalue weighted by Gasteiger charge is -2.34. The highest BCUT2D eigenvalue weighted by Gasteiger charge is 2.52. The zero-order valence-electron chi connectivity index (χ0n) is 20.9. The van der Waals surface area contributed by atoms with Gasteiger partial charge in [-0.3, -0.25) is 4.79 Å². The number of fused-ring (bicyclic) bond motifs is 1. The molecule has 0 bridgehead atoms. The van der Waals surface area contributed by atoms with E-state index in [-0.39, 0.29) is 34.2 Å². The van der Waals surface area contributed by atoms with E-state index in [0.29, 0.717) is 28.2 Å². The standard InChI is InChI=1S/C27H22ClFN6O3/c1-14(2)35-22-21(32-23(35)17-13-31-26(38-4)33-25(17)37-3)24(36)34-27(22,16-10-8-15(12-30)9-11-16)18-6-5-7-19(28)20(18)29/h5-11,13-14H,1-4H3,(H,34,36)/t27-/m0/s1. The minimum absolute atomic E-state index is 0.0979. The molecule has 0 saturated carbocycles. The number of halogens is 2. The third kappa shape index (κ3) is 3.66. The zero-order chi connectivity index (χ0) is 27.2. The number of nitriles is 1. The van der Waals surface area contributed by atoms with Crippen LogP contribution in [-0.2, 0) is 5.54 Å². The van der Waals surface area contributed by atoms with E-state index in [2.05, 4.69) is 21.4 Å². The summed E-state index contributed by atoms with van der Waals surface area (Å²) in [6.07, 6.45) is 1.50. The molecule has 0 unspecified atom stereocenters. The summed E-state index contributed by atoms with van der Waals surface area (Å²) < 4.78 is 28.2. The maximum absolute atomic E-state index is 15.8. The second-order valence-corrected chi connectivity index (χ2v) is 9.28. The van der Waals surface area contributed by atoms with Gasteiger partial charge in [-0.1, -0.05) is 35.9 Å². The highest BCUT2D eigenvalue weighted by atomic mass is 35.5. The fourth-order valence-electron chi connectivity index (χ4n) is 4.84. The second-order valence-electron chi connectivity index (χ2n) is 8.87. The number of carbonyl (C=O) groups excluding carboxylic acids is 1. The summed E-state index contributed by atoms with van der Waals surface area (Å²) in [5.74, 6) is -0.631. The van der Waals surface area contributed by atoms with Crippen LogP contribution in [0.2, 0.25) is 5.02 Å². The number of aromatic nitrogens is 4. The number of carbonyl (C=O) groups is 1. The van der Waals surface area contributed by atoms with Crippen LogP contribution >= 0.6 is 11.6 Å². The Balaban J connectivity index is 1.89. The summed E-state index contributed by atoms with van der Waals surface area (Å²) in [6, 6.07) is 13.2. The summed E-state index contributed by atoms with van der Waals surface area (Å²) in [5, 5.41) is 12.2. The molecule has 2 aromatic heterocycles. The first-order valence-corrected chi connectivity index (χ1v) is 12.0. The lowest BCUT2D eigenvalue weighted by Crippen LogP contribution is -2.44. The van der Waals surface area contributed by atoms with Crippen molar-refractivity contribution in [3.05, 3.63) is 87.6 Å². The largest absolute Gasteiger partial charge is 0.480 e. The molecule has 0 aliphatic carbocycles. The lowest BCUT2D eigenvalue weighted by atomic mass is 9.80. The van der Waals surface area contributed by atoms with Crippen molar-refractivity contribution in [2.75, 3.05) is 14.2 Å². The Morgan fingerprint density at radius 3 is 2.50 bits per heavy atom. The number of hydrogen-bond donors (Lipinski definition) is 1. The number of rotatable bonds is 6. The average Bonchev–Trinajstić information content (AvgIpc) is 3.46. The summed E-state index contributed by atoms with van der Waals surface area (Å²) in [4.78, 5) is 26.7. The fourth-order valence-corrected chi connectivity index (χ4v) is 5.01. The van der Waals surface area contributed by atoms with Gasteiger partial charge in [0.05, 0.1) is 42.1 Å². The number of imidazole rings is 1. The van der Waals surface area contributed by atoms with Crippen LogP contribution in [0.5, 0.6) is 11.9 Å². The van der Waals surface area contributed by atoms with Gasteiger partial charge in [-0.15, -0.1) is 0 Å². The van der Waals surface area contributed by atoms with Gasteiger partial charge in [0.2, 0.25) is 5.88 Å². The predicted molar refractivity (Wildman–Crippen MR) is 137 cm³/mol. The summed E-state index contributed by atoms with van der Waals surface area (Å²) in [5.41, 5.74) is 0.504. The van der Waals surface area contributed by atoms with Gasteiger partial charge in [-0.25, -0.2) is 14.4 Å². The monoisotopic (exact) mass is 532 g/mol. The number of hydrogen-bond acceptors (Lipinski definition) is 7. The van der Waals surface area contributed by atoms with E-state index in [0.717, 1.165) is 0 Å². The van der Waals surface area contributed by atoms with Crippen LogP contribution in [0.1, 0.15) is 52.8 Å². The summed E-state index contributed by atoms with van der Waals surface area (Å²) in [6.45, 7) is 3.84. The predicted octanol–water partition coefficient (Wildman–Crippen LogP) is 4.64. The number of ether oxygens (including phenoxy) is 2. The van der Waals surface area contributed by atoms with E-state index in [1.165, 1.54) is 26.5 Å². The van der Waals surface area contributed by atoms with Gasteiger partial charge in [0.15, 0.2) is 5.69 Å². The van der Waals surface area contributed by atoms with E-state index < -0.39 is 17.3 Å². The molecule has 9 nitrogen and oxygen atoms in total. The first-order chi connectivity index (χ1) is 18.3. The summed E-state index contributed by atoms with van der Waals surface area (Å²) in [7, 11) is 2.89. The molecule has 4 aromatic rings. The van der Waals surface area contributed by atoms with Gasteiger partial charge in [-0.05, 0) is 37.6 Å². The molecule has 0 fully saturated rings. The van der Waals surface area contributed by atoms with Crippen LogP contribution in [0.15, 0.2) is 48.7 Å². The topological polar surface area (TPSA) is 115 Å². The first kappa shape index (κ1) is 25.2. The molecule has 5 rings (SSSR count). The molecule has 11 heteroatoms. The van der Waals surface area contributed by atoms with Crippen LogP contribution in [0.25, 0.3) is 11.4 Å². The van der Waals surface area contributed by atoms with Gasteiger partial charge in [0.25, 0.3) is 5.91 Å². The molecule has 0 radical (unpaired) electrons. The number of nitrogens with one attached hydrogen (secondary N) is 1. The highest BCUT2D eigenvalue weighted by Crippen LogP contribution is 2.47. The normalized spacial score (nSPS) is 16.2. The Hall–Kier alpha value is -4.49.